The number of non-ortho nitro benzene ring substituents is 1. The van der Waals surface area contributed by atoms with Crippen LogP contribution in [0.4, 0.5) is 5.69 Å². The Kier molecular flexibility index (Phi) is 4.14. The Morgan fingerprint density at radius 1 is 1.26 bits per heavy atom. The fourth-order valence-corrected chi connectivity index (χ4v) is 2.16. The van der Waals surface area contributed by atoms with Crippen LogP contribution in [0.25, 0.3) is 11.1 Å². The Balaban J connectivity index is 2.51. The van der Waals surface area contributed by atoms with Gasteiger partial charge in [-0.2, -0.15) is 0 Å². The average molecular weight is 277 g/mol. The van der Waals surface area contributed by atoms with E-state index >= 15 is 0 Å². The van der Waals surface area contributed by atoms with Crippen LogP contribution < -0.4 is 5.32 Å². The van der Waals surface area contributed by atoms with E-state index in [2.05, 4.69) is 5.32 Å². The van der Waals surface area contributed by atoms with E-state index in [1.54, 1.807) is 18.2 Å². The molecule has 2 rings (SSSR count). The topological polar surface area (TPSA) is 55.2 Å². The molecule has 98 valence electrons. The Labute approximate surface area is 116 Å². The maximum absolute atomic E-state index is 10.8. The van der Waals surface area contributed by atoms with Crippen molar-refractivity contribution in [2.24, 2.45) is 0 Å². The van der Waals surface area contributed by atoms with Crippen LogP contribution in [0, 0.1) is 10.1 Å². The maximum atomic E-state index is 10.8. The first-order valence-corrected chi connectivity index (χ1v) is 6.17. The number of nitrogens with one attached hydrogen (secondary N) is 1. The maximum Gasteiger partial charge on any atom is 0.270 e. The van der Waals surface area contributed by atoms with E-state index in [0.717, 1.165) is 16.7 Å². The Bertz CT molecular complexity index is 614. The molecule has 0 unspecified atom stereocenters. The van der Waals surface area contributed by atoms with Gasteiger partial charge in [0.15, 0.2) is 0 Å². The Morgan fingerprint density at radius 2 is 2.05 bits per heavy atom. The van der Waals surface area contributed by atoms with Crippen molar-refractivity contribution in [3.05, 3.63) is 63.2 Å². The van der Waals surface area contributed by atoms with Gasteiger partial charge < -0.3 is 5.32 Å². The molecule has 2 aromatic rings. The van der Waals surface area contributed by atoms with Crippen LogP contribution in [0.2, 0.25) is 5.02 Å². The van der Waals surface area contributed by atoms with Gasteiger partial charge in [-0.05, 0) is 35.9 Å². The van der Waals surface area contributed by atoms with Crippen LogP contribution in [0.3, 0.4) is 0 Å². The van der Waals surface area contributed by atoms with Gasteiger partial charge in [-0.25, -0.2) is 0 Å². The van der Waals surface area contributed by atoms with Crippen molar-refractivity contribution in [3.63, 3.8) is 0 Å². The van der Waals surface area contributed by atoms with Crippen molar-refractivity contribution in [2.75, 3.05) is 7.05 Å². The van der Waals surface area contributed by atoms with Gasteiger partial charge in [0.2, 0.25) is 0 Å². The molecular formula is C14H13ClN2O2. The Morgan fingerprint density at radius 3 is 2.74 bits per heavy atom. The third-order valence-corrected chi connectivity index (χ3v) is 3.04. The van der Waals surface area contributed by atoms with Crippen molar-refractivity contribution < 1.29 is 4.92 Å². The number of nitro groups is 1. The summed E-state index contributed by atoms with van der Waals surface area (Å²) < 4.78 is 0. The molecule has 0 aromatic heterocycles. The normalized spacial score (nSPS) is 10.4. The number of benzene rings is 2. The zero-order chi connectivity index (χ0) is 13.8. The molecule has 0 aliphatic carbocycles. The van der Waals surface area contributed by atoms with Crippen molar-refractivity contribution in [2.45, 2.75) is 6.54 Å². The number of nitrogens with zero attached hydrogens (tertiary/aromatic N) is 1. The van der Waals surface area contributed by atoms with Crippen LogP contribution in [0.1, 0.15) is 5.56 Å². The lowest BCUT2D eigenvalue weighted by Gasteiger charge is -2.10. The lowest BCUT2D eigenvalue weighted by Crippen LogP contribution is -2.06. The van der Waals surface area contributed by atoms with E-state index in [1.165, 1.54) is 6.07 Å². The third-order valence-electron chi connectivity index (χ3n) is 2.80. The molecule has 0 saturated heterocycles. The minimum Gasteiger partial charge on any atom is -0.316 e. The standard InChI is InChI=1S/C14H13ClN2O2/c1-16-9-11-7-12(15)5-6-14(11)10-3-2-4-13(8-10)17(18)19/h2-8,16H,9H2,1H3. The van der Waals surface area contributed by atoms with Crippen molar-refractivity contribution in [1.82, 2.24) is 5.32 Å². The second-order valence-electron chi connectivity index (χ2n) is 4.14. The van der Waals surface area contributed by atoms with Gasteiger partial charge in [0.1, 0.15) is 0 Å². The molecule has 19 heavy (non-hydrogen) atoms. The van der Waals surface area contributed by atoms with E-state index in [4.69, 9.17) is 11.6 Å². The minimum atomic E-state index is -0.392. The molecule has 0 bridgehead atoms. The highest BCUT2D eigenvalue weighted by atomic mass is 35.5. The highest BCUT2D eigenvalue weighted by molar-refractivity contribution is 6.30. The van der Waals surface area contributed by atoms with Gasteiger partial charge in [0.25, 0.3) is 5.69 Å². The molecule has 1 N–H and O–H groups in total. The lowest BCUT2D eigenvalue weighted by atomic mass is 9.99. The van der Waals surface area contributed by atoms with Crippen LogP contribution in [-0.2, 0) is 6.54 Å². The molecule has 5 heteroatoms. The van der Waals surface area contributed by atoms with Gasteiger partial charge >= 0.3 is 0 Å². The van der Waals surface area contributed by atoms with Crippen LogP contribution >= 0.6 is 11.6 Å². The number of nitro benzene ring substituents is 1. The zero-order valence-corrected chi connectivity index (χ0v) is 11.1. The first kappa shape index (κ1) is 13.5. The first-order valence-electron chi connectivity index (χ1n) is 5.79. The molecule has 0 amide bonds. The van der Waals surface area contributed by atoms with Gasteiger partial charge in [-0.15, -0.1) is 0 Å². The van der Waals surface area contributed by atoms with Gasteiger partial charge in [0.05, 0.1) is 4.92 Å². The van der Waals surface area contributed by atoms with Crippen LogP contribution in [0.15, 0.2) is 42.5 Å². The summed E-state index contributed by atoms with van der Waals surface area (Å²) in [5.41, 5.74) is 2.86. The molecule has 0 spiro atoms. The SMILES string of the molecule is CNCc1cc(Cl)ccc1-c1cccc([N+](=O)[O-])c1. The molecule has 0 atom stereocenters. The molecule has 0 aliphatic heterocycles. The van der Waals surface area contributed by atoms with E-state index in [1.807, 2.05) is 25.2 Å². The lowest BCUT2D eigenvalue weighted by molar-refractivity contribution is -0.384. The summed E-state index contributed by atoms with van der Waals surface area (Å²) in [6.45, 7) is 0.651. The second-order valence-corrected chi connectivity index (χ2v) is 4.58. The van der Waals surface area contributed by atoms with Crippen molar-refractivity contribution in [3.8, 4) is 11.1 Å². The second kappa shape index (κ2) is 5.82. The van der Waals surface area contributed by atoms with Crippen molar-refractivity contribution in [1.29, 1.82) is 0 Å². The summed E-state index contributed by atoms with van der Waals surface area (Å²) >= 11 is 5.99. The van der Waals surface area contributed by atoms with Crippen LogP contribution in [0.5, 0.6) is 0 Å². The van der Waals surface area contributed by atoms with E-state index in [-0.39, 0.29) is 5.69 Å². The summed E-state index contributed by atoms with van der Waals surface area (Å²) in [7, 11) is 1.85. The van der Waals surface area contributed by atoms with E-state index in [0.29, 0.717) is 11.6 Å². The number of hydrogen-bond acceptors (Lipinski definition) is 3. The van der Waals surface area contributed by atoms with Gasteiger partial charge in [-0.1, -0.05) is 29.8 Å². The van der Waals surface area contributed by atoms with Crippen molar-refractivity contribution >= 4 is 17.3 Å². The number of halogens is 1. The first-order chi connectivity index (χ1) is 9.11. The number of hydrogen-bond donors (Lipinski definition) is 1. The molecular weight excluding hydrogens is 264 g/mol. The molecule has 0 fully saturated rings. The highest BCUT2D eigenvalue weighted by Gasteiger charge is 2.10. The smallest absolute Gasteiger partial charge is 0.270 e. The minimum absolute atomic E-state index is 0.0860. The summed E-state index contributed by atoms with van der Waals surface area (Å²) in [4.78, 5) is 10.4. The zero-order valence-electron chi connectivity index (χ0n) is 10.4. The molecule has 0 aliphatic rings. The van der Waals surface area contributed by atoms with Gasteiger partial charge in [-0.3, -0.25) is 10.1 Å². The van der Waals surface area contributed by atoms with E-state index < -0.39 is 4.92 Å². The fraction of sp³-hybridized carbons (Fsp3) is 0.143. The summed E-state index contributed by atoms with van der Waals surface area (Å²) in [5.74, 6) is 0. The highest BCUT2D eigenvalue weighted by Crippen LogP contribution is 2.29. The predicted octanol–water partition coefficient (Wildman–Crippen LogP) is 3.63. The van der Waals surface area contributed by atoms with E-state index in [9.17, 15) is 10.1 Å². The molecule has 4 nitrogen and oxygen atoms in total. The summed E-state index contributed by atoms with van der Waals surface area (Å²) in [6, 6.07) is 12.1. The summed E-state index contributed by atoms with van der Waals surface area (Å²) in [5, 5.41) is 14.5. The summed E-state index contributed by atoms with van der Waals surface area (Å²) in [6.07, 6.45) is 0. The molecule has 0 saturated carbocycles. The predicted molar refractivity (Wildman–Crippen MR) is 76.3 cm³/mol. The van der Waals surface area contributed by atoms with Gasteiger partial charge in [0, 0.05) is 23.7 Å². The molecule has 2 aromatic carbocycles. The average Bonchev–Trinajstić information content (AvgIpc) is 2.39. The quantitative estimate of drug-likeness (QED) is 0.685. The number of rotatable bonds is 4. The third kappa shape index (κ3) is 3.10. The largest absolute Gasteiger partial charge is 0.316 e. The molecule has 0 radical (unpaired) electrons. The monoisotopic (exact) mass is 276 g/mol. The van der Waals surface area contributed by atoms with Crippen LogP contribution in [-0.4, -0.2) is 12.0 Å². The Hall–Kier alpha value is -1.91. The molecule has 0 heterocycles. The fourth-order valence-electron chi connectivity index (χ4n) is 1.97.